The molecule has 0 spiro atoms. The van der Waals surface area contributed by atoms with E-state index in [4.69, 9.17) is 4.74 Å². The molecule has 0 amide bonds. The number of ketones is 1. The number of rotatable bonds is 6. The highest BCUT2D eigenvalue weighted by atomic mass is 19.3. The van der Waals surface area contributed by atoms with E-state index >= 15 is 0 Å². The summed E-state index contributed by atoms with van der Waals surface area (Å²) in [5.74, 6) is -0.167. The van der Waals surface area contributed by atoms with Gasteiger partial charge in [-0.3, -0.25) is 4.79 Å². The molecule has 0 bridgehead atoms. The van der Waals surface area contributed by atoms with Crippen LogP contribution in [0.25, 0.3) is 16.8 Å². The van der Waals surface area contributed by atoms with Crippen LogP contribution in [0.4, 0.5) is 8.78 Å². The van der Waals surface area contributed by atoms with Gasteiger partial charge in [-0.05, 0) is 35.1 Å². The molecule has 5 heteroatoms. The second kappa shape index (κ2) is 7.78. The first kappa shape index (κ1) is 17.6. The van der Waals surface area contributed by atoms with Gasteiger partial charge in [-0.2, -0.15) is 8.78 Å². The summed E-state index contributed by atoms with van der Waals surface area (Å²) in [6, 6.07) is 17.8. The van der Waals surface area contributed by atoms with Gasteiger partial charge in [0.25, 0.3) is 0 Å². The number of benzene rings is 3. The Morgan fingerprint density at radius 2 is 1.77 bits per heavy atom. The Morgan fingerprint density at radius 3 is 2.50 bits per heavy atom. The molecule has 3 aromatic rings. The van der Waals surface area contributed by atoms with Gasteiger partial charge in [-0.1, -0.05) is 48.5 Å². The van der Waals surface area contributed by atoms with Gasteiger partial charge < -0.3 is 9.47 Å². The number of hydrogen-bond acceptors (Lipinski definition) is 3. The Bertz CT molecular complexity index is 964. The summed E-state index contributed by atoms with van der Waals surface area (Å²) in [7, 11) is 1.36. The van der Waals surface area contributed by atoms with Crippen molar-refractivity contribution < 1.29 is 23.0 Å². The van der Waals surface area contributed by atoms with Crippen LogP contribution >= 0.6 is 0 Å². The van der Waals surface area contributed by atoms with Gasteiger partial charge in [0.15, 0.2) is 17.3 Å². The maximum absolute atomic E-state index is 12.7. The minimum Gasteiger partial charge on any atom is -0.493 e. The van der Waals surface area contributed by atoms with Crippen molar-refractivity contribution in [2.75, 3.05) is 7.11 Å². The lowest BCUT2D eigenvalue weighted by Gasteiger charge is -2.12. The summed E-state index contributed by atoms with van der Waals surface area (Å²) in [5.41, 5.74) is 0.845. The highest BCUT2D eigenvalue weighted by molar-refractivity contribution is 6.08. The summed E-state index contributed by atoms with van der Waals surface area (Å²) in [5, 5.41) is 1.99. The van der Waals surface area contributed by atoms with Crippen LogP contribution in [0.1, 0.15) is 15.9 Å². The first-order chi connectivity index (χ1) is 12.6. The predicted octanol–water partition coefficient (Wildman–Crippen LogP) is 5.35. The first-order valence-electron chi connectivity index (χ1n) is 7.91. The van der Waals surface area contributed by atoms with Crippen LogP contribution in [0.5, 0.6) is 11.5 Å². The zero-order valence-corrected chi connectivity index (χ0v) is 14.0. The number of hydrogen-bond donors (Lipinski definition) is 0. The molecular formula is C21H16F2O3. The van der Waals surface area contributed by atoms with Gasteiger partial charge >= 0.3 is 6.61 Å². The van der Waals surface area contributed by atoms with Crippen LogP contribution in [0.15, 0.2) is 66.7 Å². The molecule has 132 valence electrons. The fourth-order valence-corrected chi connectivity index (χ4v) is 2.64. The Balaban J connectivity index is 1.89. The number of para-hydroxylation sites is 1. The van der Waals surface area contributed by atoms with Gasteiger partial charge in [0.05, 0.1) is 7.11 Å². The van der Waals surface area contributed by atoms with E-state index in [1.165, 1.54) is 25.3 Å². The molecule has 0 unspecified atom stereocenters. The Labute approximate surface area is 149 Å². The third-order valence-electron chi connectivity index (χ3n) is 3.88. The largest absolute Gasteiger partial charge is 0.493 e. The molecule has 0 fully saturated rings. The lowest BCUT2D eigenvalue weighted by atomic mass is 10.0. The van der Waals surface area contributed by atoms with Crippen LogP contribution in [0.3, 0.4) is 0 Å². The molecule has 3 aromatic carbocycles. The van der Waals surface area contributed by atoms with Crippen molar-refractivity contribution in [3.05, 3.63) is 77.9 Å². The molecule has 0 aromatic heterocycles. The highest BCUT2D eigenvalue weighted by Gasteiger charge is 2.14. The van der Waals surface area contributed by atoms with Crippen molar-refractivity contribution in [1.29, 1.82) is 0 Å². The van der Waals surface area contributed by atoms with E-state index in [1.54, 1.807) is 24.3 Å². The highest BCUT2D eigenvalue weighted by Crippen LogP contribution is 2.33. The molecule has 0 aliphatic heterocycles. The van der Waals surface area contributed by atoms with Crippen LogP contribution < -0.4 is 9.47 Å². The van der Waals surface area contributed by atoms with Crippen LogP contribution in [-0.4, -0.2) is 19.5 Å². The second-order valence-electron chi connectivity index (χ2n) is 5.52. The first-order valence-corrected chi connectivity index (χ1v) is 7.91. The van der Waals surface area contributed by atoms with Gasteiger partial charge in [-0.25, -0.2) is 0 Å². The maximum Gasteiger partial charge on any atom is 0.387 e. The zero-order chi connectivity index (χ0) is 18.5. The second-order valence-corrected chi connectivity index (χ2v) is 5.52. The summed E-state index contributed by atoms with van der Waals surface area (Å²) in [6.07, 6.45) is 2.77. The van der Waals surface area contributed by atoms with Crippen molar-refractivity contribution >= 4 is 22.6 Å². The summed E-state index contributed by atoms with van der Waals surface area (Å²) in [6.45, 7) is -2.99. The minimum atomic E-state index is -2.99. The third-order valence-corrected chi connectivity index (χ3v) is 3.88. The van der Waals surface area contributed by atoms with Crippen molar-refractivity contribution in [2.24, 2.45) is 0 Å². The van der Waals surface area contributed by atoms with Gasteiger partial charge in [0.2, 0.25) is 0 Å². The van der Waals surface area contributed by atoms with Crippen LogP contribution in [0.2, 0.25) is 0 Å². The van der Waals surface area contributed by atoms with E-state index in [1.807, 2.05) is 30.3 Å². The standard InChI is InChI=1S/C21H16F2O3/c1-25-19-8-4-7-15(20(19)26-21(22)23)11-12-18(24)17-10-9-14-5-2-3-6-16(14)13-17/h2-13,21H,1H3/b12-11+. The van der Waals surface area contributed by atoms with E-state index in [0.29, 0.717) is 11.1 Å². The van der Waals surface area contributed by atoms with Crippen molar-refractivity contribution in [1.82, 2.24) is 0 Å². The molecule has 0 N–H and O–H groups in total. The SMILES string of the molecule is COc1cccc(/C=C/C(=O)c2ccc3ccccc3c2)c1OC(F)F. The Morgan fingerprint density at radius 1 is 1.00 bits per heavy atom. The Kier molecular flexibility index (Phi) is 5.27. The molecule has 0 radical (unpaired) electrons. The fourth-order valence-electron chi connectivity index (χ4n) is 2.64. The number of methoxy groups -OCH3 is 1. The molecule has 0 saturated heterocycles. The number of halogens is 2. The van der Waals surface area contributed by atoms with E-state index in [9.17, 15) is 13.6 Å². The maximum atomic E-state index is 12.7. The van der Waals surface area contributed by atoms with Crippen molar-refractivity contribution in [3.63, 3.8) is 0 Å². The zero-order valence-electron chi connectivity index (χ0n) is 14.0. The molecule has 3 rings (SSSR count). The number of allylic oxidation sites excluding steroid dienone is 1. The molecule has 3 nitrogen and oxygen atoms in total. The van der Waals surface area contributed by atoms with Crippen LogP contribution in [0, 0.1) is 0 Å². The van der Waals surface area contributed by atoms with Gasteiger partial charge in [0.1, 0.15) is 0 Å². The van der Waals surface area contributed by atoms with Gasteiger partial charge in [0, 0.05) is 11.1 Å². The third kappa shape index (κ3) is 3.88. The number of fused-ring (bicyclic) bond motifs is 1. The molecular weight excluding hydrogens is 338 g/mol. The van der Waals surface area contributed by atoms with E-state index in [-0.39, 0.29) is 17.3 Å². The fraction of sp³-hybridized carbons (Fsp3) is 0.0952. The van der Waals surface area contributed by atoms with E-state index in [0.717, 1.165) is 10.8 Å². The smallest absolute Gasteiger partial charge is 0.387 e. The lowest BCUT2D eigenvalue weighted by molar-refractivity contribution is -0.0513. The molecule has 0 atom stereocenters. The average Bonchev–Trinajstić information content (AvgIpc) is 2.66. The topological polar surface area (TPSA) is 35.5 Å². The average molecular weight is 354 g/mol. The molecule has 0 saturated carbocycles. The predicted molar refractivity (Wildman–Crippen MR) is 96.9 cm³/mol. The number of carbonyl (C=O) groups is 1. The normalized spacial score (nSPS) is 11.2. The van der Waals surface area contributed by atoms with Crippen molar-refractivity contribution in [2.45, 2.75) is 6.61 Å². The Hall–Kier alpha value is -3.21. The quantitative estimate of drug-likeness (QED) is 0.442. The van der Waals surface area contributed by atoms with Crippen LogP contribution in [-0.2, 0) is 0 Å². The summed E-state index contributed by atoms with van der Waals surface area (Å²) >= 11 is 0. The molecule has 26 heavy (non-hydrogen) atoms. The number of alkyl halides is 2. The van der Waals surface area contributed by atoms with Crippen molar-refractivity contribution in [3.8, 4) is 11.5 Å². The lowest BCUT2D eigenvalue weighted by Crippen LogP contribution is -2.05. The number of ether oxygens (including phenoxy) is 2. The minimum absolute atomic E-state index is 0.104. The molecule has 0 heterocycles. The summed E-state index contributed by atoms with van der Waals surface area (Å²) in [4.78, 5) is 12.4. The van der Waals surface area contributed by atoms with Gasteiger partial charge in [-0.15, -0.1) is 0 Å². The summed E-state index contributed by atoms with van der Waals surface area (Å²) < 4.78 is 34.9. The molecule has 0 aliphatic carbocycles. The molecule has 0 aliphatic rings. The monoisotopic (exact) mass is 354 g/mol. The van der Waals surface area contributed by atoms with E-state index < -0.39 is 6.61 Å². The number of carbonyl (C=O) groups excluding carboxylic acids is 1. The van der Waals surface area contributed by atoms with E-state index in [2.05, 4.69) is 4.74 Å².